The highest BCUT2D eigenvalue weighted by Gasteiger charge is 2.27. The molecule has 0 amide bonds. The van der Waals surface area contributed by atoms with Gasteiger partial charge in [-0.05, 0) is 6.42 Å². The molecule has 8 heteroatoms. The summed E-state index contributed by atoms with van der Waals surface area (Å²) in [6, 6.07) is 0. The van der Waals surface area contributed by atoms with E-state index in [-0.39, 0.29) is 13.2 Å². The van der Waals surface area contributed by atoms with Crippen LogP contribution in [0.5, 0.6) is 0 Å². The van der Waals surface area contributed by atoms with Gasteiger partial charge in [0, 0.05) is 13.2 Å². The first kappa shape index (κ1) is 12.9. The highest BCUT2D eigenvalue weighted by atomic mass is 19.4. The first-order valence-corrected chi connectivity index (χ1v) is 4.65. The van der Waals surface area contributed by atoms with Crippen LogP contribution in [0, 0.1) is 0 Å². The standard InChI is InChI=1S/C8H12F3N3O2/c9-8(10,11)6-16-3-1-2-14-4-7(5-15)12-13-14/h4,15H,1-3,5-6H2. The van der Waals surface area contributed by atoms with E-state index in [1.54, 1.807) is 0 Å². The fraction of sp³-hybridized carbons (Fsp3) is 0.750. The smallest absolute Gasteiger partial charge is 0.390 e. The molecule has 0 saturated heterocycles. The molecule has 0 aromatic carbocycles. The monoisotopic (exact) mass is 239 g/mol. The summed E-state index contributed by atoms with van der Waals surface area (Å²) >= 11 is 0. The van der Waals surface area contributed by atoms with Gasteiger partial charge >= 0.3 is 6.18 Å². The lowest BCUT2D eigenvalue weighted by atomic mass is 10.4. The van der Waals surface area contributed by atoms with E-state index in [9.17, 15) is 13.2 Å². The largest absolute Gasteiger partial charge is 0.411 e. The number of aliphatic hydroxyl groups is 1. The maximum Gasteiger partial charge on any atom is 0.411 e. The average molecular weight is 239 g/mol. The first-order chi connectivity index (χ1) is 7.51. The number of hydrogen-bond acceptors (Lipinski definition) is 4. The van der Waals surface area contributed by atoms with E-state index in [1.165, 1.54) is 10.9 Å². The summed E-state index contributed by atoms with van der Waals surface area (Å²) in [5.41, 5.74) is 0.427. The molecule has 1 aromatic heterocycles. The fourth-order valence-corrected chi connectivity index (χ4v) is 1.04. The normalized spacial score (nSPS) is 12.0. The maximum absolute atomic E-state index is 11.7. The Morgan fingerprint density at radius 3 is 2.75 bits per heavy atom. The summed E-state index contributed by atoms with van der Waals surface area (Å²) in [5, 5.41) is 16.0. The quantitative estimate of drug-likeness (QED) is 0.744. The number of hydrogen-bond donors (Lipinski definition) is 1. The van der Waals surface area contributed by atoms with Crippen LogP contribution < -0.4 is 0 Å². The number of aryl methyl sites for hydroxylation is 1. The van der Waals surface area contributed by atoms with Crippen LogP contribution in [0.25, 0.3) is 0 Å². The van der Waals surface area contributed by atoms with Crippen molar-refractivity contribution < 1.29 is 23.0 Å². The van der Waals surface area contributed by atoms with Crippen LogP contribution in [0.15, 0.2) is 6.20 Å². The van der Waals surface area contributed by atoms with Crippen molar-refractivity contribution in [3.05, 3.63) is 11.9 Å². The molecule has 92 valence electrons. The van der Waals surface area contributed by atoms with E-state index < -0.39 is 12.8 Å². The molecule has 1 N–H and O–H groups in total. The van der Waals surface area contributed by atoms with Crippen molar-refractivity contribution in [2.75, 3.05) is 13.2 Å². The van der Waals surface area contributed by atoms with E-state index >= 15 is 0 Å². The molecule has 1 heterocycles. The molecule has 16 heavy (non-hydrogen) atoms. The molecule has 0 radical (unpaired) electrons. The Hall–Kier alpha value is -1.15. The fourth-order valence-electron chi connectivity index (χ4n) is 1.04. The summed E-state index contributed by atoms with van der Waals surface area (Å²) < 4.78 is 40.9. The van der Waals surface area contributed by atoms with Crippen molar-refractivity contribution in [2.24, 2.45) is 0 Å². The van der Waals surface area contributed by atoms with Gasteiger partial charge in [0.05, 0.1) is 12.8 Å². The van der Waals surface area contributed by atoms with Crippen molar-refractivity contribution in [1.29, 1.82) is 0 Å². The summed E-state index contributed by atoms with van der Waals surface area (Å²) in [6.45, 7) is -1.02. The second kappa shape index (κ2) is 5.80. The zero-order valence-electron chi connectivity index (χ0n) is 8.44. The van der Waals surface area contributed by atoms with Gasteiger partial charge in [0.1, 0.15) is 12.3 Å². The van der Waals surface area contributed by atoms with Crippen LogP contribution in [0.2, 0.25) is 0 Å². The van der Waals surface area contributed by atoms with E-state index in [1.807, 2.05) is 0 Å². The van der Waals surface area contributed by atoms with Crippen LogP contribution in [-0.4, -0.2) is 39.5 Å². The van der Waals surface area contributed by atoms with Gasteiger partial charge in [-0.15, -0.1) is 5.10 Å². The van der Waals surface area contributed by atoms with Crippen molar-refractivity contribution in [1.82, 2.24) is 15.0 Å². The zero-order chi connectivity index (χ0) is 12.0. The molecule has 0 aliphatic carbocycles. The number of ether oxygens (including phenoxy) is 1. The predicted octanol–water partition coefficient (Wildman–Crippen LogP) is 0.739. The zero-order valence-corrected chi connectivity index (χ0v) is 8.44. The van der Waals surface area contributed by atoms with Gasteiger partial charge < -0.3 is 9.84 Å². The molecular formula is C8H12F3N3O2. The molecule has 0 aliphatic heterocycles. The number of halogens is 3. The summed E-state index contributed by atoms with van der Waals surface area (Å²) in [7, 11) is 0. The number of alkyl halides is 3. The predicted molar refractivity (Wildman–Crippen MR) is 47.4 cm³/mol. The van der Waals surface area contributed by atoms with Gasteiger partial charge in [-0.1, -0.05) is 5.21 Å². The SMILES string of the molecule is OCc1cn(CCCOCC(F)(F)F)nn1. The second-order valence-corrected chi connectivity index (χ2v) is 3.15. The van der Waals surface area contributed by atoms with E-state index in [0.717, 1.165) is 0 Å². The molecule has 0 unspecified atom stereocenters. The van der Waals surface area contributed by atoms with Crippen LogP contribution in [-0.2, 0) is 17.9 Å². The van der Waals surface area contributed by atoms with Gasteiger partial charge in [0.2, 0.25) is 0 Å². The van der Waals surface area contributed by atoms with E-state index in [2.05, 4.69) is 15.0 Å². The molecule has 0 spiro atoms. The Bertz CT molecular complexity index is 314. The van der Waals surface area contributed by atoms with Crippen LogP contribution >= 0.6 is 0 Å². The molecule has 0 aliphatic rings. The topological polar surface area (TPSA) is 60.2 Å². The lowest BCUT2D eigenvalue weighted by Gasteiger charge is -2.06. The van der Waals surface area contributed by atoms with Gasteiger partial charge in [-0.3, -0.25) is 4.68 Å². The van der Waals surface area contributed by atoms with Crippen LogP contribution in [0.3, 0.4) is 0 Å². The lowest BCUT2D eigenvalue weighted by Crippen LogP contribution is -2.17. The van der Waals surface area contributed by atoms with Crippen molar-refractivity contribution in [2.45, 2.75) is 25.7 Å². The molecule has 5 nitrogen and oxygen atoms in total. The molecule has 0 atom stereocenters. The van der Waals surface area contributed by atoms with Crippen LogP contribution in [0.4, 0.5) is 13.2 Å². The van der Waals surface area contributed by atoms with Gasteiger partial charge in [-0.2, -0.15) is 13.2 Å². The Morgan fingerprint density at radius 1 is 1.44 bits per heavy atom. The third-order valence-electron chi connectivity index (χ3n) is 1.69. The molecule has 1 rings (SSSR count). The minimum Gasteiger partial charge on any atom is -0.390 e. The average Bonchev–Trinajstić information content (AvgIpc) is 2.63. The Labute approximate surface area is 89.8 Å². The van der Waals surface area contributed by atoms with Crippen molar-refractivity contribution in [3.8, 4) is 0 Å². The molecule has 0 fully saturated rings. The molecule has 1 aromatic rings. The summed E-state index contributed by atoms with van der Waals surface area (Å²) in [6.07, 6.45) is -2.34. The Kier molecular flexibility index (Phi) is 4.69. The number of nitrogens with zero attached hydrogens (tertiary/aromatic N) is 3. The molecular weight excluding hydrogens is 227 g/mol. The highest BCUT2D eigenvalue weighted by Crippen LogP contribution is 2.14. The van der Waals surface area contributed by atoms with Gasteiger partial charge in [0.15, 0.2) is 0 Å². The highest BCUT2D eigenvalue weighted by molar-refractivity contribution is 4.88. The first-order valence-electron chi connectivity index (χ1n) is 4.65. The van der Waals surface area contributed by atoms with Crippen molar-refractivity contribution in [3.63, 3.8) is 0 Å². The van der Waals surface area contributed by atoms with Gasteiger partial charge in [0.25, 0.3) is 0 Å². The maximum atomic E-state index is 11.7. The van der Waals surface area contributed by atoms with E-state index in [0.29, 0.717) is 18.7 Å². The number of aromatic nitrogens is 3. The molecule has 0 bridgehead atoms. The summed E-state index contributed by atoms with van der Waals surface area (Å²) in [4.78, 5) is 0. The van der Waals surface area contributed by atoms with Crippen LogP contribution in [0.1, 0.15) is 12.1 Å². The number of aliphatic hydroxyl groups excluding tert-OH is 1. The lowest BCUT2D eigenvalue weighted by molar-refractivity contribution is -0.174. The third-order valence-corrected chi connectivity index (χ3v) is 1.69. The number of rotatable bonds is 6. The summed E-state index contributed by atoms with van der Waals surface area (Å²) in [5.74, 6) is 0. The van der Waals surface area contributed by atoms with Crippen molar-refractivity contribution >= 4 is 0 Å². The molecule has 0 saturated carbocycles. The minimum absolute atomic E-state index is 0.00777. The second-order valence-electron chi connectivity index (χ2n) is 3.15. The van der Waals surface area contributed by atoms with Gasteiger partial charge in [-0.25, -0.2) is 0 Å². The van der Waals surface area contributed by atoms with E-state index in [4.69, 9.17) is 5.11 Å². The third kappa shape index (κ3) is 5.08. The minimum atomic E-state index is -4.28. The Balaban J connectivity index is 2.11. The Morgan fingerprint density at radius 2 is 2.19 bits per heavy atom.